The molecule has 1 N–H and O–H groups in total. The molecule has 1 amide bonds. The molecule has 112 valence electrons. The van der Waals surface area contributed by atoms with Crippen molar-refractivity contribution in [3.05, 3.63) is 11.1 Å². The van der Waals surface area contributed by atoms with Crippen molar-refractivity contribution in [1.82, 2.24) is 10.3 Å². The smallest absolute Gasteiger partial charge is 0.223 e. The Morgan fingerprint density at radius 1 is 1.55 bits per heavy atom. The van der Waals surface area contributed by atoms with Crippen LogP contribution in [0.1, 0.15) is 25.5 Å². The Kier molecular flexibility index (Phi) is 6.16. The molecule has 1 fully saturated rings. The van der Waals surface area contributed by atoms with E-state index in [0.29, 0.717) is 6.54 Å². The Hall–Kier alpha value is -0.750. The second-order valence-electron chi connectivity index (χ2n) is 5.21. The number of thiazole rings is 1. The molecule has 2 rings (SSSR count). The van der Waals surface area contributed by atoms with Crippen LogP contribution >= 0.6 is 23.1 Å². The molecule has 20 heavy (non-hydrogen) atoms. The fraction of sp³-hybridized carbons (Fsp3) is 0.714. The fourth-order valence-electron chi connectivity index (χ4n) is 2.28. The molecular formula is C14H23N3OS2. The van der Waals surface area contributed by atoms with Crippen molar-refractivity contribution in [2.45, 2.75) is 26.2 Å². The molecule has 1 aromatic heterocycles. The van der Waals surface area contributed by atoms with Crippen molar-refractivity contribution >= 4 is 34.1 Å². The monoisotopic (exact) mass is 313 g/mol. The Labute approximate surface area is 129 Å². The average molecular weight is 313 g/mol. The number of nitrogens with one attached hydrogen (secondary N) is 1. The molecule has 0 bridgehead atoms. The van der Waals surface area contributed by atoms with Gasteiger partial charge in [0.05, 0.1) is 5.69 Å². The second-order valence-corrected chi connectivity index (χ2v) is 6.96. The highest BCUT2D eigenvalue weighted by Gasteiger charge is 2.16. The first-order valence-corrected chi connectivity index (χ1v) is 9.44. The fourth-order valence-corrected chi connectivity index (χ4v) is 3.84. The quantitative estimate of drug-likeness (QED) is 0.839. The van der Waals surface area contributed by atoms with Gasteiger partial charge in [-0.1, -0.05) is 6.92 Å². The van der Waals surface area contributed by atoms with E-state index in [1.165, 1.54) is 12.8 Å². The maximum absolute atomic E-state index is 11.8. The minimum absolute atomic E-state index is 0.0839. The molecule has 1 atom stereocenters. The van der Waals surface area contributed by atoms with E-state index >= 15 is 0 Å². The zero-order chi connectivity index (χ0) is 14.4. The third kappa shape index (κ3) is 4.38. The first-order valence-electron chi connectivity index (χ1n) is 7.16. The average Bonchev–Trinajstić information content (AvgIpc) is 3.09. The second kappa shape index (κ2) is 7.88. The highest BCUT2D eigenvalue weighted by Crippen LogP contribution is 2.24. The minimum atomic E-state index is 0.0839. The summed E-state index contributed by atoms with van der Waals surface area (Å²) in [5.41, 5.74) is 1.09. The van der Waals surface area contributed by atoms with Gasteiger partial charge in [-0.15, -0.1) is 11.3 Å². The van der Waals surface area contributed by atoms with Gasteiger partial charge in [-0.2, -0.15) is 11.8 Å². The summed E-state index contributed by atoms with van der Waals surface area (Å²) in [7, 11) is 0. The van der Waals surface area contributed by atoms with Crippen LogP contribution < -0.4 is 10.2 Å². The van der Waals surface area contributed by atoms with Gasteiger partial charge in [0.1, 0.15) is 0 Å². The lowest BCUT2D eigenvalue weighted by atomic mass is 10.2. The maximum Gasteiger partial charge on any atom is 0.223 e. The molecule has 4 nitrogen and oxygen atoms in total. The van der Waals surface area contributed by atoms with Gasteiger partial charge in [0.2, 0.25) is 5.91 Å². The SMILES string of the molecule is CSC[C@H](C)C(=O)NCCc1csc(N2CCCC2)n1. The van der Waals surface area contributed by atoms with E-state index < -0.39 is 0 Å². The molecule has 1 aliphatic heterocycles. The predicted molar refractivity (Wildman–Crippen MR) is 87.8 cm³/mol. The summed E-state index contributed by atoms with van der Waals surface area (Å²) in [4.78, 5) is 18.8. The summed E-state index contributed by atoms with van der Waals surface area (Å²) in [6, 6.07) is 0. The van der Waals surface area contributed by atoms with Gasteiger partial charge in [0.15, 0.2) is 5.13 Å². The van der Waals surface area contributed by atoms with Crippen molar-refractivity contribution in [3.8, 4) is 0 Å². The number of rotatable bonds is 7. The number of carbonyl (C=O) groups is 1. The number of aromatic nitrogens is 1. The van der Waals surface area contributed by atoms with Crippen molar-refractivity contribution in [3.63, 3.8) is 0 Å². The van der Waals surface area contributed by atoms with Crippen LogP contribution in [-0.2, 0) is 11.2 Å². The first kappa shape index (κ1) is 15.6. The van der Waals surface area contributed by atoms with Gasteiger partial charge >= 0.3 is 0 Å². The van der Waals surface area contributed by atoms with E-state index in [4.69, 9.17) is 0 Å². The van der Waals surface area contributed by atoms with Gasteiger partial charge in [-0.05, 0) is 19.1 Å². The molecular weight excluding hydrogens is 290 g/mol. The van der Waals surface area contributed by atoms with Crippen molar-refractivity contribution in [2.75, 3.05) is 36.5 Å². The largest absolute Gasteiger partial charge is 0.355 e. The van der Waals surface area contributed by atoms with Crippen molar-refractivity contribution in [1.29, 1.82) is 0 Å². The Balaban J connectivity index is 1.73. The summed E-state index contributed by atoms with van der Waals surface area (Å²) in [5, 5.41) is 6.25. The summed E-state index contributed by atoms with van der Waals surface area (Å²) in [6.45, 7) is 4.92. The number of anilines is 1. The summed E-state index contributed by atoms with van der Waals surface area (Å²) in [6.07, 6.45) is 5.40. The van der Waals surface area contributed by atoms with Gasteiger partial charge in [-0.3, -0.25) is 4.79 Å². The van der Waals surface area contributed by atoms with Crippen LogP contribution in [0.2, 0.25) is 0 Å². The molecule has 0 unspecified atom stereocenters. The number of hydrogen-bond donors (Lipinski definition) is 1. The summed E-state index contributed by atoms with van der Waals surface area (Å²) >= 11 is 3.43. The van der Waals surface area contributed by atoms with Crippen LogP contribution in [0.3, 0.4) is 0 Å². The van der Waals surface area contributed by atoms with Gasteiger partial charge < -0.3 is 10.2 Å². The van der Waals surface area contributed by atoms with E-state index in [2.05, 4.69) is 20.6 Å². The van der Waals surface area contributed by atoms with Gasteiger partial charge in [0.25, 0.3) is 0 Å². The topological polar surface area (TPSA) is 45.2 Å². The lowest BCUT2D eigenvalue weighted by Crippen LogP contribution is -2.32. The third-order valence-corrected chi connectivity index (χ3v) is 5.24. The molecule has 0 saturated carbocycles. The van der Waals surface area contributed by atoms with E-state index in [-0.39, 0.29) is 11.8 Å². The van der Waals surface area contributed by atoms with E-state index in [1.807, 2.05) is 13.2 Å². The molecule has 1 aliphatic rings. The minimum Gasteiger partial charge on any atom is -0.355 e. The summed E-state index contributed by atoms with van der Waals surface area (Å²) < 4.78 is 0. The van der Waals surface area contributed by atoms with Crippen LogP contribution in [0.25, 0.3) is 0 Å². The molecule has 2 heterocycles. The molecule has 1 aromatic rings. The van der Waals surface area contributed by atoms with E-state index in [9.17, 15) is 4.79 Å². The predicted octanol–water partition coefficient (Wildman–Crippen LogP) is 2.40. The van der Waals surface area contributed by atoms with Crippen molar-refractivity contribution < 1.29 is 4.79 Å². The Morgan fingerprint density at radius 3 is 3.00 bits per heavy atom. The zero-order valence-corrected chi connectivity index (χ0v) is 13.9. The van der Waals surface area contributed by atoms with Crippen LogP contribution in [0.4, 0.5) is 5.13 Å². The first-order chi connectivity index (χ1) is 9.70. The number of thioether (sulfide) groups is 1. The molecule has 1 saturated heterocycles. The van der Waals surface area contributed by atoms with Crippen LogP contribution in [0, 0.1) is 5.92 Å². The molecule has 0 spiro atoms. The summed E-state index contributed by atoms with van der Waals surface area (Å²) in [5.74, 6) is 1.11. The lowest BCUT2D eigenvalue weighted by Gasteiger charge is -2.12. The van der Waals surface area contributed by atoms with Gasteiger partial charge in [0, 0.05) is 43.1 Å². The van der Waals surface area contributed by atoms with Crippen LogP contribution in [0.5, 0.6) is 0 Å². The number of nitrogens with zero attached hydrogens (tertiary/aromatic N) is 2. The van der Waals surface area contributed by atoms with E-state index in [0.717, 1.165) is 36.1 Å². The normalized spacial score (nSPS) is 16.4. The molecule has 0 radical (unpaired) electrons. The highest BCUT2D eigenvalue weighted by molar-refractivity contribution is 7.98. The zero-order valence-electron chi connectivity index (χ0n) is 12.2. The van der Waals surface area contributed by atoms with Crippen LogP contribution in [0.15, 0.2) is 5.38 Å². The molecule has 0 aromatic carbocycles. The Bertz CT molecular complexity index is 430. The number of amides is 1. The molecule has 6 heteroatoms. The Morgan fingerprint density at radius 2 is 2.30 bits per heavy atom. The third-order valence-electron chi connectivity index (χ3n) is 3.46. The maximum atomic E-state index is 11.8. The number of hydrogen-bond acceptors (Lipinski definition) is 5. The van der Waals surface area contributed by atoms with Gasteiger partial charge in [-0.25, -0.2) is 4.98 Å². The van der Waals surface area contributed by atoms with Crippen LogP contribution in [-0.4, -0.2) is 42.5 Å². The van der Waals surface area contributed by atoms with E-state index in [1.54, 1.807) is 23.1 Å². The lowest BCUT2D eigenvalue weighted by molar-refractivity contribution is -0.123. The highest BCUT2D eigenvalue weighted by atomic mass is 32.2. The number of carbonyl (C=O) groups excluding carboxylic acids is 1. The van der Waals surface area contributed by atoms with Crippen molar-refractivity contribution in [2.24, 2.45) is 5.92 Å². The standard InChI is InChI=1S/C14H23N3OS2/c1-11(9-19-2)13(18)15-6-5-12-10-20-14(16-12)17-7-3-4-8-17/h10-11H,3-9H2,1-2H3,(H,15,18)/t11-/m0/s1. The molecule has 0 aliphatic carbocycles.